The van der Waals surface area contributed by atoms with Gasteiger partial charge in [-0.25, -0.2) is 0 Å². The number of ketones is 1. The van der Waals surface area contributed by atoms with E-state index in [0.717, 1.165) is 25.2 Å². The molecule has 0 aromatic carbocycles. The molecule has 128 valence electrons. The van der Waals surface area contributed by atoms with Gasteiger partial charge < -0.3 is 4.74 Å². The number of Topliss-reactive ketones (excluding diaryl/α,β-unsaturated/α-hetero) is 1. The van der Waals surface area contributed by atoms with Crippen molar-refractivity contribution in [3.05, 3.63) is 0 Å². The minimum absolute atomic E-state index is 0.406. The number of rotatable bonds is 5. The van der Waals surface area contributed by atoms with Gasteiger partial charge in [-0.3, -0.25) is 14.1 Å². The van der Waals surface area contributed by atoms with E-state index in [1.807, 2.05) is 0 Å². The summed E-state index contributed by atoms with van der Waals surface area (Å²) >= 11 is 0. The minimum atomic E-state index is -4.45. The quantitative estimate of drug-likeness (QED) is 0.463. The summed E-state index contributed by atoms with van der Waals surface area (Å²) in [4.78, 5) is 24.6. The van der Waals surface area contributed by atoms with Crippen molar-refractivity contribution in [2.24, 2.45) is 28.6 Å². The van der Waals surface area contributed by atoms with Crippen molar-refractivity contribution in [1.29, 1.82) is 0 Å². The van der Waals surface area contributed by atoms with Crippen molar-refractivity contribution in [2.75, 3.05) is 5.75 Å². The first-order chi connectivity index (χ1) is 10.5. The normalized spacial score (nSPS) is 43.3. The molecular weight excluding hydrogens is 320 g/mol. The highest BCUT2D eigenvalue weighted by molar-refractivity contribution is 7.86. The van der Waals surface area contributed by atoms with Crippen LogP contribution in [-0.4, -0.2) is 36.1 Å². The molecule has 4 rings (SSSR count). The number of esters is 1. The number of carbonyl (C=O) groups is 2. The van der Waals surface area contributed by atoms with Crippen molar-refractivity contribution in [3.8, 4) is 0 Å². The van der Waals surface area contributed by atoms with Crippen LogP contribution in [0.5, 0.6) is 0 Å². The topological polar surface area (TPSA) is 97.7 Å². The Morgan fingerprint density at radius 2 is 1.74 bits per heavy atom. The van der Waals surface area contributed by atoms with Gasteiger partial charge in [0.1, 0.15) is 16.8 Å². The van der Waals surface area contributed by atoms with Crippen molar-refractivity contribution < 1.29 is 27.3 Å². The Balaban J connectivity index is 1.49. The zero-order chi connectivity index (χ0) is 16.8. The third-order valence-corrected chi connectivity index (χ3v) is 7.74. The van der Waals surface area contributed by atoms with E-state index in [9.17, 15) is 18.0 Å². The third kappa shape index (κ3) is 1.92. The first-order valence-electron chi connectivity index (χ1n) is 8.20. The average Bonchev–Trinajstić information content (AvgIpc) is 2.82. The monoisotopic (exact) mass is 342 g/mol. The van der Waals surface area contributed by atoms with Crippen molar-refractivity contribution >= 4 is 21.9 Å². The Morgan fingerprint density at radius 1 is 1.17 bits per heavy atom. The number of hydrogen-bond acceptors (Lipinski definition) is 5. The van der Waals surface area contributed by atoms with Gasteiger partial charge in [0.2, 0.25) is 0 Å². The summed E-state index contributed by atoms with van der Waals surface area (Å²) in [5, 5.41) is 0. The molecule has 0 aromatic rings. The van der Waals surface area contributed by atoms with E-state index in [0.29, 0.717) is 17.3 Å². The molecule has 0 saturated heterocycles. The Kier molecular flexibility index (Phi) is 2.82. The number of hydrogen-bond donors (Lipinski definition) is 1. The van der Waals surface area contributed by atoms with Gasteiger partial charge in [0.25, 0.3) is 10.1 Å². The minimum Gasteiger partial charge on any atom is -0.458 e. The van der Waals surface area contributed by atoms with E-state index >= 15 is 0 Å². The molecule has 4 aliphatic carbocycles. The Labute approximate surface area is 135 Å². The zero-order valence-electron chi connectivity index (χ0n) is 13.4. The van der Waals surface area contributed by atoms with E-state index in [1.165, 1.54) is 26.7 Å². The second-order valence-corrected chi connectivity index (χ2v) is 10.1. The average molecular weight is 342 g/mol. The fourth-order valence-electron chi connectivity index (χ4n) is 5.91. The largest absolute Gasteiger partial charge is 0.458 e. The van der Waals surface area contributed by atoms with Gasteiger partial charge in [0.05, 0.1) is 0 Å². The fourth-order valence-corrected chi connectivity index (χ4v) is 6.60. The third-order valence-electron chi connectivity index (χ3n) is 7.11. The molecule has 0 heterocycles. The Hall–Kier alpha value is -0.950. The molecule has 0 aromatic heterocycles. The van der Waals surface area contributed by atoms with Crippen LogP contribution in [0.4, 0.5) is 0 Å². The molecule has 23 heavy (non-hydrogen) atoms. The summed E-state index contributed by atoms with van der Waals surface area (Å²) in [7, 11) is -4.45. The molecule has 2 unspecified atom stereocenters. The van der Waals surface area contributed by atoms with Crippen LogP contribution in [0.3, 0.4) is 0 Å². The van der Waals surface area contributed by atoms with Crippen molar-refractivity contribution in [1.82, 2.24) is 0 Å². The van der Waals surface area contributed by atoms with Gasteiger partial charge in [0, 0.05) is 0 Å². The number of fused-ring (bicyclic) bond motifs is 1. The molecular formula is C16H22O6S. The molecule has 0 aliphatic heterocycles. The molecule has 2 atom stereocenters. The molecule has 4 saturated carbocycles. The molecule has 1 N–H and O–H groups in total. The molecule has 4 aliphatic rings. The van der Waals surface area contributed by atoms with Gasteiger partial charge in [-0.05, 0) is 69.1 Å². The lowest BCUT2D eigenvalue weighted by atomic mass is 9.38. The molecule has 2 bridgehead atoms. The summed E-state index contributed by atoms with van der Waals surface area (Å²) in [6, 6.07) is 0. The summed E-state index contributed by atoms with van der Waals surface area (Å²) in [6.07, 6.45) is 5.15. The van der Waals surface area contributed by atoms with Crippen LogP contribution in [-0.2, 0) is 24.4 Å². The predicted octanol–water partition coefficient (Wildman–Crippen LogP) is 1.59. The van der Waals surface area contributed by atoms with Crippen LogP contribution in [0, 0.1) is 28.6 Å². The van der Waals surface area contributed by atoms with Crippen LogP contribution in [0.25, 0.3) is 0 Å². The summed E-state index contributed by atoms with van der Waals surface area (Å²) in [6.45, 7) is 2.74. The van der Waals surface area contributed by atoms with Crippen LogP contribution in [0.15, 0.2) is 0 Å². The van der Waals surface area contributed by atoms with E-state index in [2.05, 4.69) is 0 Å². The lowest BCUT2D eigenvalue weighted by Gasteiger charge is -2.66. The highest BCUT2D eigenvalue weighted by Crippen LogP contribution is 2.82. The molecule has 0 radical (unpaired) electrons. The summed E-state index contributed by atoms with van der Waals surface area (Å²) < 4.78 is 36.5. The van der Waals surface area contributed by atoms with Crippen LogP contribution in [0.2, 0.25) is 0 Å². The first-order valence-corrected chi connectivity index (χ1v) is 9.81. The molecule has 6 nitrogen and oxygen atoms in total. The highest BCUT2D eigenvalue weighted by atomic mass is 32.2. The fraction of sp³-hybridized carbons (Fsp3) is 0.875. The van der Waals surface area contributed by atoms with Crippen LogP contribution >= 0.6 is 0 Å². The van der Waals surface area contributed by atoms with Gasteiger partial charge in [-0.15, -0.1) is 0 Å². The Morgan fingerprint density at radius 3 is 2.17 bits per heavy atom. The van der Waals surface area contributed by atoms with Gasteiger partial charge >= 0.3 is 5.97 Å². The van der Waals surface area contributed by atoms with E-state index in [4.69, 9.17) is 9.29 Å². The molecule has 1 spiro atoms. The van der Waals surface area contributed by atoms with Crippen molar-refractivity contribution in [2.45, 2.75) is 51.6 Å². The lowest BCUT2D eigenvalue weighted by molar-refractivity contribution is -0.189. The second kappa shape index (κ2) is 4.17. The maximum Gasteiger partial charge on any atom is 0.319 e. The lowest BCUT2D eigenvalue weighted by Crippen LogP contribution is -2.59. The molecule has 0 amide bonds. The Bertz CT molecular complexity index is 690. The van der Waals surface area contributed by atoms with Crippen LogP contribution in [0.1, 0.15) is 46.0 Å². The maximum absolute atomic E-state index is 12.6. The molecule has 7 heteroatoms. The van der Waals surface area contributed by atoms with Crippen molar-refractivity contribution in [3.63, 3.8) is 0 Å². The smallest absolute Gasteiger partial charge is 0.319 e. The summed E-state index contributed by atoms with van der Waals surface area (Å²) in [5.41, 5.74) is -1.61. The molecule has 4 fully saturated rings. The number of carbonyl (C=O) groups excluding carboxylic acids is 2. The maximum atomic E-state index is 12.6. The van der Waals surface area contributed by atoms with Gasteiger partial charge in [0.15, 0.2) is 5.78 Å². The zero-order valence-corrected chi connectivity index (χ0v) is 14.2. The SMILES string of the molecule is CC(C)(C(=O)CS(=O)(=O)O)C(=O)OC12CC3CC4CC(C1)C43C2. The van der Waals surface area contributed by atoms with E-state index < -0.39 is 38.6 Å². The summed E-state index contributed by atoms with van der Waals surface area (Å²) in [5.74, 6) is -0.441. The standard InChI is InChI=1S/C16H22O6S/c1-14(2,12(17)7-23(19,20)21)13(18)22-15-5-10-3-9-4-11(6-15)16(9,10)8-15/h9-11H,3-8H2,1-2H3,(H,19,20,21). The van der Waals surface area contributed by atoms with E-state index in [-0.39, 0.29) is 0 Å². The second-order valence-electron chi connectivity index (χ2n) is 8.61. The van der Waals surface area contributed by atoms with E-state index in [1.54, 1.807) is 0 Å². The van der Waals surface area contributed by atoms with Gasteiger partial charge in [-0.1, -0.05) is 0 Å². The highest BCUT2D eigenvalue weighted by Gasteiger charge is 2.78. The van der Waals surface area contributed by atoms with Gasteiger partial charge in [-0.2, -0.15) is 8.42 Å². The predicted molar refractivity (Wildman–Crippen MR) is 80.0 cm³/mol. The number of ether oxygens (including phenoxy) is 1. The first kappa shape index (κ1) is 15.6. The van der Waals surface area contributed by atoms with Crippen LogP contribution < -0.4 is 0 Å².